The van der Waals surface area contributed by atoms with Gasteiger partial charge in [0.15, 0.2) is 6.04 Å². The number of phenolic OH excluding ortho intramolecular Hbond substituents is 1. The molecule has 0 spiro atoms. The molecule has 31 heteroatoms. The maximum Gasteiger partial charge on any atom is 0.328 e. The van der Waals surface area contributed by atoms with Crippen LogP contribution in [-0.4, -0.2) is 226 Å². The van der Waals surface area contributed by atoms with Crippen molar-refractivity contribution in [2.75, 3.05) is 31.2 Å². The lowest BCUT2D eigenvalue weighted by Gasteiger charge is -2.42. The summed E-state index contributed by atoms with van der Waals surface area (Å²) in [5.41, 5.74) is 1.94. The zero-order chi connectivity index (χ0) is 70.2. The smallest absolute Gasteiger partial charge is 0.328 e. The number of aliphatic carboxylic acids is 1. The number of aromatic nitrogens is 1. The van der Waals surface area contributed by atoms with Gasteiger partial charge in [-0.1, -0.05) is 96.1 Å². The molecule has 1 aromatic heterocycles. The van der Waals surface area contributed by atoms with Crippen molar-refractivity contribution in [2.45, 2.75) is 171 Å². The highest BCUT2D eigenvalue weighted by Crippen LogP contribution is 2.35. The second-order valence-electron chi connectivity index (χ2n) is 25.3. The molecule has 3 aromatic carbocycles. The van der Waals surface area contributed by atoms with Gasteiger partial charge in [-0.05, 0) is 86.8 Å². The van der Waals surface area contributed by atoms with E-state index in [9.17, 15) is 74.4 Å². The molecule has 3 fully saturated rings. The van der Waals surface area contributed by atoms with Gasteiger partial charge in [0.1, 0.15) is 77.8 Å². The number of fused-ring (bicyclic) bond motifs is 1. The number of phenols is 1. The minimum absolute atomic E-state index is 0.0803. The molecule has 96 heavy (non-hydrogen) atoms. The topological polar surface area (TPSA) is 466 Å². The monoisotopic (exact) mass is 1370 g/mol. The Morgan fingerprint density at radius 2 is 1.35 bits per heavy atom. The van der Waals surface area contributed by atoms with Gasteiger partial charge in [0.05, 0.1) is 31.4 Å². The number of aliphatic imine (C=N–C) groups is 1. The molecule has 0 bridgehead atoms. The number of amides is 7. The second-order valence-corrected chi connectivity index (χ2v) is 27.8. The fourth-order valence-corrected chi connectivity index (χ4v) is 13.7. The second kappa shape index (κ2) is 34.4. The number of unbranched alkanes of at least 4 members (excludes halogenated alkanes) is 1. The van der Waals surface area contributed by atoms with Gasteiger partial charge in [-0.3, -0.25) is 48.1 Å². The lowest BCUT2D eigenvalue weighted by molar-refractivity contribution is -0.318. The van der Waals surface area contributed by atoms with E-state index in [1.54, 1.807) is 67.7 Å². The minimum Gasteiger partial charge on any atom is -0.508 e. The lowest BCUT2D eigenvalue weighted by Crippen LogP contribution is -2.66. The van der Waals surface area contributed by atoms with Crippen LogP contribution in [0, 0.1) is 11.3 Å². The number of aliphatic hydroxyl groups is 6. The molecule has 14 atom stereocenters. The van der Waals surface area contributed by atoms with Gasteiger partial charge < -0.3 is 93.1 Å². The summed E-state index contributed by atoms with van der Waals surface area (Å²) in [5.74, 6) is -13.9. The highest BCUT2D eigenvalue weighted by atomic mass is 33.1. The number of para-hydroxylation sites is 1. The molecule has 29 nitrogen and oxygen atoms in total. The highest BCUT2D eigenvalue weighted by molar-refractivity contribution is 8.76. The average molecular weight is 1380 g/mol. The first-order valence-electron chi connectivity index (χ1n) is 31.5. The number of H-pyrrole nitrogens is 1. The molecule has 0 radical (unpaired) electrons. The Morgan fingerprint density at radius 1 is 0.740 bits per heavy atom. The zero-order valence-corrected chi connectivity index (χ0v) is 55.3. The number of ether oxygens (including phenoxy) is 1. The van der Waals surface area contributed by atoms with Crippen molar-refractivity contribution >= 4 is 97.1 Å². The van der Waals surface area contributed by atoms with E-state index in [1.165, 1.54) is 24.3 Å². The first kappa shape index (κ1) is 75.5. The van der Waals surface area contributed by atoms with E-state index in [0.29, 0.717) is 33.3 Å². The molecule has 3 heterocycles. The summed E-state index contributed by atoms with van der Waals surface area (Å²) in [4.78, 5) is 150. The number of carboxylic acid groups (broad SMARTS) is 1. The Labute approximate surface area is 561 Å². The van der Waals surface area contributed by atoms with Gasteiger partial charge in [-0.2, -0.15) is 0 Å². The summed E-state index contributed by atoms with van der Waals surface area (Å²) in [6, 6.07) is 7.80. The molecular formula is C65H86N10O19S2. The Hall–Kier alpha value is -7.85. The number of nitrogens with one attached hydrogen (secondary N) is 9. The molecule has 7 rings (SSSR count). The van der Waals surface area contributed by atoms with Crippen molar-refractivity contribution < 1.29 is 93.5 Å². The third-order valence-corrected chi connectivity index (χ3v) is 19.2. The maximum absolute atomic E-state index is 15.2. The summed E-state index contributed by atoms with van der Waals surface area (Å²) in [7, 11) is 1.66. The maximum atomic E-state index is 15.2. The number of aromatic hydroxyl groups is 1. The van der Waals surface area contributed by atoms with Gasteiger partial charge in [0.2, 0.25) is 47.1 Å². The molecular weight excluding hydrogens is 1290 g/mol. The van der Waals surface area contributed by atoms with E-state index in [2.05, 4.69) is 52.5 Å². The molecule has 1 saturated carbocycles. The first-order chi connectivity index (χ1) is 45.4. The van der Waals surface area contributed by atoms with Crippen molar-refractivity contribution in [3.63, 3.8) is 0 Å². The summed E-state index contributed by atoms with van der Waals surface area (Å²) in [6.07, 6.45) is -7.43. The first-order valence-corrected chi connectivity index (χ1v) is 34.0. The molecule has 0 unspecified atom stereocenters. The lowest BCUT2D eigenvalue weighted by atomic mass is 9.70. The number of carboxylic acids is 1. The molecule has 17 N–H and O–H groups in total. The fraction of sp³-hybridized carbons (Fsp3) is 0.523. The van der Waals surface area contributed by atoms with Crippen LogP contribution in [0.15, 0.2) is 90.1 Å². The quantitative estimate of drug-likeness (QED) is 0.0184. The SMILES string of the molecule is CC(=NCCCC[C@@H]1NC(=O)[C@@H](Cc2c[nH]c3ccccc23)NC(=O)[C@H](Cc2ccc(O)cc2)NC(=O)[C@@H](NC(=O)[C@@H](Cc2ccccc2)NC[C@@]2(O)OC[C@@H](O)[C@@H](O)[C@@H]2O)CSSC[C@@H](C(=O)N[C@@H](C(=O)O)[C@@H](C)O)NC(=O)[C@H]([C@@H](C)O)NC1=O)C1C(=O)CC(C)(C)CC1=O. The van der Waals surface area contributed by atoms with E-state index in [1.807, 2.05) is 13.8 Å². The summed E-state index contributed by atoms with van der Waals surface area (Å²) in [5, 5.41) is 106. The van der Waals surface area contributed by atoms with E-state index < -0.39 is 168 Å². The van der Waals surface area contributed by atoms with E-state index in [4.69, 9.17) is 4.74 Å². The van der Waals surface area contributed by atoms with Gasteiger partial charge in [-0.25, -0.2) is 4.79 Å². The van der Waals surface area contributed by atoms with Gasteiger partial charge in [0.25, 0.3) is 0 Å². The number of hydrogen-bond acceptors (Lipinski definition) is 22. The number of rotatable bonds is 22. The van der Waals surface area contributed by atoms with Crippen LogP contribution in [0.25, 0.3) is 10.9 Å². The van der Waals surface area contributed by atoms with Crippen LogP contribution >= 0.6 is 21.6 Å². The Bertz CT molecular complexity index is 3430. The normalized spacial score (nSPS) is 26.8. The number of nitrogens with zero attached hydrogens (tertiary/aromatic N) is 1. The Balaban J connectivity index is 1.28. The van der Waals surface area contributed by atoms with E-state index >= 15 is 14.4 Å². The number of carbonyl (C=O) groups excluding carboxylic acids is 9. The molecule has 1 aliphatic carbocycles. The number of Topliss-reactive ketones (excluding diaryl/α,β-unsaturated/α-hetero) is 2. The van der Waals surface area contributed by atoms with Crippen LogP contribution in [0.4, 0.5) is 0 Å². The number of aromatic amines is 1. The third kappa shape index (κ3) is 20.8. The largest absolute Gasteiger partial charge is 0.508 e. The van der Waals surface area contributed by atoms with Crippen molar-refractivity contribution in [1.82, 2.24) is 47.5 Å². The predicted molar refractivity (Wildman–Crippen MR) is 352 cm³/mol. The van der Waals surface area contributed by atoms with Crippen LogP contribution < -0.4 is 42.5 Å². The van der Waals surface area contributed by atoms with Crippen molar-refractivity contribution in [1.29, 1.82) is 0 Å². The van der Waals surface area contributed by atoms with Crippen molar-refractivity contribution in [3.05, 3.63) is 102 Å². The molecule has 2 saturated heterocycles. The molecule has 2 aliphatic heterocycles. The summed E-state index contributed by atoms with van der Waals surface area (Å²) >= 11 is 0. The number of ketones is 2. The Morgan fingerprint density at radius 3 is 2.01 bits per heavy atom. The summed E-state index contributed by atoms with van der Waals surface area (Å²) in [6.45, 7) is 6.26. The van der Waals surface area contributed by atoms with Crippen LogP contribution in [-0.2, 0) is 71.9 Å². The molecule has 4 aromatic rings. The standard InChI is InChI=1S/C65H86N10O19S2/c1-33(51-48(79)26-64(4,5)27-49(51)80)66-22-12-11-17-42-56(84)74-52(34(2)76)62(90)73-47(61(89)75-53(35(3)77)63(91)92)31-96-95-30-46(72-57(85)43(23-36-13-7-6-8-14-36)68-32-65(93)55(83)54(82)50(81)29-94-65)60(88)70-44(24-37-18-20-39(78)21-19-37)58(86)71-45(59(87)69-42)25-38-28-67-41-16-10-9-15-40(38)41/h6-10,13-16,18-21,28,34-35,42-47,50-55,67-68,76-78,81-83,93H,11-12,17,22-27,29-32H2,1-5H3,(H,69,87)(H,70,88)(H,71,86)(H,72,85)(H,73,90)(H,74,84)(H,75,89)(H,91,92)/t34-,35-,42+,43-,44+,45-,46+,47+,50-,52+,53-,54-,55+,65-/m1/s1. The van der Waals surface area contributed by atoms with Crippen LogP contribution in [0.2, 0.25) is 0 Å². The van der Waals surface area contributed by atoms with Gasteiger partial charge >= 0.3 is 5.97 Å². The van der Waals surface area contributed by atoms with Crippen molar-refractivity contribution in [3.8, 4) is 5.75 Å². The third-order valence-electron chi connectivity index (χ3n) is 16.8. The van der Waals surface area contributed by atoms with E-state index in [0.717, 1.165) is 35.4 Å². The number of benzene rings is 3. The average Bonchev–Trinajstić information content (AvgIpc) is 0.950. The fourth-order valence-electron chi connectivity index (χ4n) is 11.4. The number of hydrogen-bond donors (Lipinski definition) is 17. The van der Waals surface area contributed by atoms with Crippen LogP contribution in [0.3, 0.4) is 0 Å². The van der Waals surface area contributed by atoms with Gasteiger partial charge in [0, 0.05) is 66.5 Å². The Kier molecular flexibility index (Phi) is 27.1. The highest BCUT2D eigenvalue weighted by Gasteiger charge is 2.49. The van der Waals surface area contributed by atoms with E-state index in [-0.39, 0.29) is 75.2 Å². The molecule has 7 amide bonds. The van der Waals surface area contributed by atoms with Crippen molar-refractivity contribution in [2.24, 2.45) is 16.3 Å². The number of aliphatic hydroxyl groups excluding tert-OH is 5. The predicted octanol–water partition coefficient (Wildman–Crippen LogP) is -1.50. The van der Waals surface area contributed by atoms with Crippen LogP contribution in [0.1, 0.15) is 83.4 Å². The zero-order valence-electron chi connectivity index (χ0n) is 53.7. The molecule has 522 valence electrons. The molecule has 3 aliphatic rings. The number of carbonyl (C=O) groups is 10. The van der Waals surface area contributed by atoms with Crippen LogP contribution in [0.5, 0.6) is 5.75 Å². The summed E-state index contributed by atoms with van der Waals surface area (Å²) < 4.78 is 5.35. The van der Waals surface area contributed by atoms with Gasteiger partial charge in [-0.15, -0.1) is 0 Å². The minimum atomic E-state index is -2.55.